The molecular formula is C18H26N4O4. The second kappa shape index (κ2) is 9.28. The molecule has 1 atom stereocenters. The minimum Gasteiger partial charge on any atom is -0.351 e. The van der Waals surface area contributed by atoms with Crippen molar-refractivity contribution in [3.8, 4) is 0 Å². The van der Waals surface area contributed by atoms with E-state index in [2.05, 4.69) is 22.5 Å². The molecule has 0 saturated carbocycles. The van der Waals surface area contributed by atoms with Crippen LogP contribution in [0.3, 0.4) is 0 Å². The van der Waals surface area contributed by atoms with Crippen LogP contribution in [-0.2, 0) is 4.79 Å². The molecule has 2 rings (SSSR count). The molecule has 26 heavy (non-hydrogen) atoms. The van der Waals surface area contributed by atoms with Gasteiger partial charge < -0.3 is 15.5 Å². The lowest BCUT2D eigenvalue weighted by molar-refractivity contribution is -0.384. The average Bonchev–Trinajstić information content (AvgIpc) is 2.63. The SMILES string of the molecule is CCCN1CCC(NC(=O)C(C)NC(=O)c2cccc([N+](=O)[O-])c2)CC1. The number of hydrogen-bond donors (Lipinski definition) is 2. The summed E-state index contributed by atoms with van der Waals surface area (Å²) in [6.07, 6.45) is 2.92. The van der Waals surface area contributed by atoms with Gasteiger partial charge >= 0.3 is 0 Å². The molecular weight excluding hydrogens is 336 g/mol. The van der Waals surface area contributed by atoms with Gasteiger partial charge in [0, 0.05) is 36.8 Å². The van der Waals surface area contributed by atoms with Gasteiger partial charge in [-0.05, 0) is 38.8 Å². The predicted octanol–water partition coefficient (Wildman–Crippen LogP) is 1.70. The Kier molecular flexibility index (Phi) is 7.08. The zero-order valence-electron chi connectivity index (χ0n) is 15.2. The number of nitro groups is 1. The molecule has 1 aromatic carbocycles. The number of piperidine rings is 1. The second-order valence-electron chi connectivity index (χ2n) is 6.63. The molecule has 0 radical (unpaired) electrons. The Balaban J connectivity index is 1.84. The highest BCUT2D eigenvalue weighted by Gasteiger charge is 2.23. The molecule has 1 fully saturated rings. The molecule has 1 aliphatic rings. The summed E-state index contributed by atoms with van der Waals surface area (Å²) in [7, 11) is 0. The Hall–Kier alpha value is -2.48. The van der Waals surface area contributed by atoms with Crippen molar-refractivity contribution in [3.63, 3.8) is 0 Å². The van der Waals surface area contributed by atoms with Gasteiger partial charge in [0.15, 0.2) is 0 Å². The number of benzene rings is 1. The maximum absolute atomic E-state index is 12.3. The maximum Gasteiger partial charge on any atom is 0.270 e. The molecule has 8 heteroatoms. The van der Waals surface area contributed by atoms with Gasteiger partial charge in [-0.15, -0.1) is 0 Å². The van der Waals surface area contributed by atoms with Crippen LogP contribution in [0.15, 0.2) is 24.3 Å². The van der Waals surface area contributed by atoms with Crippen LogP contribution in [0.5, 0.6) is 0 Å². The van der Waals surface area contributed by atoms with Crippen molar-refractivity contribution in [2.24, 2.45) is 0 Å². The van der Waals surface area contributed by atoms with Crippen molar-refractivity contribution < 1.29 is 14.5 Å². The van der Waals surface area contributed by atoms with Crippen LogP contribution < -0.4 is 10.6 Å². The lowest BCUT2D eigenvalue weighted by Crippen LogP contribution is -2.51. The molecule has 142 valence electrons. The van der Waals surface area contributed by atoms with Crippen LogP contribution in [0, 0.1) is 10.1 Å². The molecule has 1 aliphatic heterocycles. The summed E-state index contributed by atoms with van der Waals surface area (Å²) in [4.78, 5) is 37.2. The third-order valence-electron chi connectivity index (χ3n) is 4.53. The van der Waals surface area contributed by atoms with Gasteiger partial charge in [0.25, 0.3) is 11.6 Å². The van der Waals surface area contributed by atoms with Crippen molar-refractivity contribution >= 4 is 17.5 Å². The zero-order valence-corrected chi connectivity index (χ0v) is 15.2. The molecule has 0 spiro atoms. The quantitative estimate of drug-likeness (QED) is 0.567. The van der Waals surface area contributed by atoms with Crippen LogP contribution in [0.2, 0.25) is 0 Å². The molecule has 1 saturated heterocycles. The topological polar surface area (TPSA) is 105 Å². The van der Waals surface area contributed by atoms with Gasteiger partial charge in [-0.1, -0.05) is 13.0 Å². The van der Waals surface area contributed by atoms with E-state index < -0.39 is 16.9 Å². The Morgan fingerprint density at radius 1 is 1.35 bits per heavy atom. The van der Waals surface area contributed by atoms with Crippen LogP contribution in [0.1, 0.15) is 43.5 Å². The van der Waals surface area contributed by atoms with Gasteiger partial charge in [0.2, 0.25) is 5.91 Å². The number of amides is 2. The van der Waals surface area contributed by atoms with Crippen LogP contribution >= 0.6 is 0 Å². The van der Waals surface area contributed by atoms with E-state index in [4.69, 9.17) is 0 Å². The fourth-order valence-electron chi connectivity index (χ4n) is 3.05. The maximum atomic E-state index is 12.3. The number of hydrogen-bond acceptors (Lipinski definition) is 5. The van der Waals surface area contributed by atoms with E-state index in [0.29, 0.717) is 0 Å². The summed E-state index contributed by atoms with van der Waals surface area (Å²) in [5.41, 5.74) is 0.000294. The number of carbonyl (C=O) groups excluding carboxylic acids is 2. The summed E-state index contributed by atoms with van der Waals surface area (Å²) in [5.74, 6) is -0.744. The molecule has 8 nitrogen and oxygen atoms in total. The van der Waals surface area contributed by atoms with Crippen molar-refractivity contribution in [1.82, 2.24) is 15.5 Å². The first-order valence-corrected chi connectivity index (χ1v) is 8.98. The highest BCUT2D eigenvalue weighted by atomic mass is 16.6. The van der Waals surface area contributed by atoms with Gasteiger partial charge in [0.1, 0.15) is 6.04 Å². The van der Waals surface area contributed by atoms with Crippen LogP contribution in [0.25, 0.3) is 0 Å². The van der Waals surface area contributed by atoms with Gasteiger partial charge in [-0.3, -0.25) is 19.7 Å². The third kappa shape index (κ3) is 5.52. The minimum atomic E-state index is -0.713. The molecule has 2 amide bonds. The van der Waals surface area contributed by atoms with Crippen molar-refractivity contribution in [1.29, 1.82) is 0 Å². The van der Waals surface area contributed by atoms with E-state index in [1.807, 2.05) is 0 Å². The van der Waals surface area contributed by atoms with E-state index in [1.54, 1.807) is 6.92 Å². The Morgan fingerprint density at radius 2 is 2.04 bits per heavy atom. The average molecular weight is 362 g/mol. The monoisotopic (exact) mass is 362 g/mol. The number of nitrogens with zero attached hydrogens (tertiary/aromatic N) is 2. The van der Waals surface area contributed by atoms with Crippen LogP contribution in [-0.4, -0.2) is 53.4 Å². The fourth-order valence-corrected chi connectivity index (χ4v) is 3.05. The second-order valence-corrected chi connectivity index (χ2v) is 6.63. The summed E-state index contributed by atoms with van der Waals surface area (Å²) >= 11 is 0. The number of nitrogens with one attached hydrogen (secondary N) is 2. The minimum absolute atomic E-state index is 0.118. The Morgan fingerprint density at radius 3 is 2.65 bits per heavy atom. The molecule has 2 N–H and O–H groups in total. The first-order chi connectivity index (χ1) is 12.4. The van der Waals surface area contributed by atoms with Crippen LogP contribution in [0.4, 0.5) is 5.69 Å². The highest BCUT2D eigenvalue weighted by molar-refractivity contribution is 5.97. The Labute approximate surface area is 153 Å². The number of nitro benzene ring substituents is 1. The van der Waals surface area contributed by atoms with Gasteiger partial charge in [-0.25, -0.2) is 0 Å². The third-order valence-corrected chi connectivity index (χ3v) is 4.53. The lowest BCUT2D eigenvalue weighted by atomic mass is 10.0. The molecule has 0 aliphatic carbocycles. The van der Waals surface area contributed by atoms with Crippen molar-refractivity contribution in [2.45, 2.75) is 45.2 Å². The highest BCUT2D eigenvalue weighted by Crippen LogP contribution is 2.13. The predicted molar refractivity (Wildman–Crippen MR) is 97.9 cm³/mol. The number of carbonyl (C=O) groups is 2. The van der Waals surface area contributed by atoms with E-state index in [0.717, 1.165) is 38.9 Å². The molecule has 1 heterocycles. The summed E-state index contributed by atoms with van der Waals surface area (Å²) < 4.78 is 0. The molecule has 0 bridgehead atoms. The first-order valence-electron chi connectivity index (χ1n) is 8.98. The standard InChI is InChI=1S/C18H26N4O4/c1-3-9-21-10-7-15(8-11-21)20-17(23)13(2)19-18(24)14-5-4-6-16(12-14)22(25)26/h4-6,12-13,15H,3,7-11H2,1-2H3,(H,19,24)(H,20,23). The summed E-state index contributed by atoms with van der Waals surface area (Å²) in [6.45, 7) is 6.77. The molecule has 1 unspecified atom stereocenters. The van der Waals surface area contributed by atoms with E-state index in [-0.39, 0.29) is 23.2 Å². The van der Waals surface area contributed by atoms with E-state index in [9.17, 15) is 19.7 Å². The molecule has 1 aromatic rings. The molecule has 0 aromatic heterocycles. The van der Waals surface area contributed by atoms with Gasteiger partial charge in [0.05, 0.1) is 4.92 Å². The fraction of sp³-hybridized carbons (Fsp3) is 0.556. The summed E-state index contributed by atoms with van der Waals surface area (Å²) in [6, 6.07) is 4.85. The van der Waals surface area contributed by atoms with Gasteiger partial charge in [-0.2, -0.15) is 0 Å². The summed E-state index contributed by atoms with van der Waals surface area (Å²) in [5, 5.41) is 16.4. The smallest absolute Gasteiger partial charge is 0.270 e. The number of rotatable bonds is 7. The lowest BCUT2D eigenvalue weighted by Gasteiger charge is -2.32. The van der Waals surface area contributed by atoms with E-state index >= 15 is 0 Å². The largest absolute Gasteiger partial charge is 0.351 e. The number of likely N-dealkylation sites (tertiary alicyclic amines) is 1. The van der Waals surface area contributed by atoms with Crippen molar-refractivity contribution in [3.05, 3.63) is 39.9 Å². The van der Waals surface area contributed by atoms with Crippen molar-refractivity contribution in [2.75, 3.05) is 19.6 Å². The first kappa shape index (κ1) is 19.8. The zero-order chi connectivity index (χ0) is 19.1. The normalized spacial score (nSPS) is 16.7. The Bertz CT molecular complexity index is 656. The number of non-ortho nitro benzene ring substituents is 1. The van der Waals surface area contributed by atoms with E-state index in [1.165, 1.54) is 24.3 Å².